The summed E-state index contributed by atoms with van der Waals surface area (Å²) in [6.07, 6.45) is 12.5. The first-order chi connectivity index (χ1) is 13.2. The number of carbonyl (C=O) groups excluding carboxylic acids is 1. The van der Waals surface area contributed by atoms with Crippen molar-refractivity contribution >= 4 is 5.91 Å². The Balaban J connectivity index is 1.38. The zero-order chi connectivity index (χ0) is 18.4. The zero-order valence-corrected chi connectivity index (χ0v) is 16.4. The van der Waals surface area contributed by atoms with Gasteiger partial charge in [-0.1, -0.05) is 6.42 Å². The molecule has 2 aliphatic heterocycles. The van der Waals surface area contributed by atoms with Crippen molar-refractivity contribution in [2.45, 2.75) is 89.3 Å². The number of nitrogens with zero attached hydrogens (tertiary/aromatic N) is 4. The molecule has 148 valence electrons. The molecule has 0 aromatic carbocycles. The number of hydrogen-bond acceptors (Lipinski definition) is 4. The standard InChI is InChI=1S/C21H33N5O/c22-19-14-6-5-7-15(19)13-16(12-14)21(27)25-10-3-1-8-17(25)20-24-23-18-9-2-4-11-26(18)20/h14-17,19H,1-13,22H2. The van der Waals surface area contributed by atoms with E-state index in [0.29, 0.717) is 23.8 Å². The fraction of sp³-hybridized carbons (Fsp3) is 0.857. The van der Waals surface area contributed by atoms with E-state index in [9.17, 15) is 4.79 Å². The topological polar surface area (TPSA) is 77.0 Å². The molecule has 1 saturated heterocycles. The minimum Gasteiger partial charge on any atom is -0.332 e. The van der Waals surface area contributed by atoms with Crippen molar-refractivity contribution in [1.29, 1.82) is 0 Å². The summed E-state index contributed by atoms with van der Waals surface area (Å²) in [5.41, 5.74) is 6.46. The maximum absolute atomic E-state index is 13.6. The smallest absolute Gasteiger partial charge is 0.226 e. The van der Waals surface area contributed by atoms with E-state index in [0.717, 1.165) is 56.8 Å². The molecule has 3 fully saturated rings. The van der Waals surface area contributed by atoms with Crippen molar-refractivity contribution in [3.05, 3.63) is 11.6 Å². The van der Waals surface area contributed by atoms with Gasteiger partial charge in [0.25, 0.3) is 0 Å². The van der Waals surface area contributed by atoms with Gasteiger partial charge < -0.3 is 15.2 Å². The van der Waals surface area contributed by atoms with Crippen LogP contribution in [0.1, 0.15) is 81.9 Å². The van der Waals surface area contributed by atoms with Gasteiger partial charge >= 0.3 is 0 Å². The molecule has 2 N–H and O–H groups in total. The second-order valence-electron chi connectivity index (χ2n) is 9.32. The molecule has 6 heteroatoms. The molecule has 2 saturated carbocycles. The van der Waals surface area contributed by atoms with E-state index in [1.165, 1.54) is 38.5 Å². The molecule has 1 aromatic rings. The lowest BCUT2D eigenvalue weighted by atomic mass is 9.64. The molecule has 5 rings (SSSR count). The Bertz CT molecular complexity index is 687. The fourth-order valence-electron chi connectivity index (χ4n) is 6.27. The van der Waals surface area contributed by atoms with Gasteiger partial charge in [0.2, 0.25) is 5.91 Å². The second kappa shape index (κ2) is 7.19. The number of piperidine rings is 1. The molecule has 3 heterocycles. The highest BCUT2D eigenvalue weighted by Crippen LogP contribution is 2.43. The summed E-state index contributed by atoms with van der Waals surface area (Å²) in [6.45, 7) is 1.89. The fourth-order valence-corrected chi connectivity index (χ4v) is 6.27. The molecule has 4 aliphatic rings. The van der Waals surface area contributed by atoms with Crippen LogP contribution in [0.2, 0.25) is 0 Å². The van der Waals surface area contributed by atoms with E-state index in [1.807, 2.05) is 0 Å². The van der Waals surface area contributed by atoms with Crippen LogP contribution in [-0.2, 0) is 17.8 Å². The Hall–Kier alpha value is -1.43. The molecular weight excluding hydrogens is 338 g/mol. The molecule has 0 spiro atoms. The molecule has 0 radical (unpaired) electrons. The van der Waals surface area contributed by atoms with E-state index in [-0.39, 0.29) is 12.0 Å². The van der Waals surface area contributed by atoms with Crippen molar-refractivity contribution in [2.75, 3.05) is 6.54 Å². The summed E-state index contributed by atoms with van der Waals surface area (Å²) in [5, 5.41) is 9.02. The number of aromatic nitrogens is 3. The summed E-state index contributed by atoms with van der Waals surface area (Å²) in [7, 11) is 0. The molecular formula is C21H33N5O. The van der Waals surface area contributed by atoms with Crippen LogP contribution in [0.15, 0.2) is 0 Å². The third kappa shape index (κ3) is 3.10. The normalized spacial score (nSPS) is 36.3. The SMILES string of the molecule is NC1C2CCCC1CC(C(=O)N1CCCCC1c1nnc3n1CCCC3)C2. The van der Waals surface area contributed by atoms with Crippen molar-refractivity contribution in [3.8, 4) is 0 Å². The molecule has 27 heavy (non-hydrogen) atoms. The van der Waals surface area contributed by atoms with Gasteiger partial charge in [0, 0.05) is 31.5 Å². The Morgan fingerprint density at radius 1 is 0.926 bits per heavy atom. The van der Waals surface area contributed by atoms with Crippen molar-refractivity contribution < 1.29 is 4.79 Å². The monoisotopic (exact) mass is 371 g/mol. The summed E-state index contributed by atoms with van der Waals surface area (Å²) >= 11 is 0. The van der Waals surface area contributed by atoms with Crippen LogP contribution in [0, 0.1) is 17.8 Å². The highest BCUT2D eigenvalue weighted by molar-refractivity contribution is 5.79. The molecule has 3 atom stereocenters. The lowest BCUT2D eigenvalue weighted by Gasteiger charge is -2.46. The van der Waals surface area contributed by atoms with Gasteiger partial charge in [0.15, 0.2) is 5.82 Å². The van der Waals surface area contributed by atoms with Crippen LogP contribution in [0.3, 0.4) is 0 Å². The van der Waals surface area contributed by atoms with Gasteiger partial charge in [-0.3, -0.25) is 4.79 Å². The molecule has 1 amide bonds. The van der Waals surface area contributed by atoms with Crippen LogP contribution >= 0.6 is 0 Å². The number of amides is 1. The first-order valence-corrected chi connectivity index (χ1v) is 11.2. The predicted molar refractivity (Wildman–Crippen MR) is 103 cm³/mol. The van der Waals surface area contributed by atoms with Gasteiger partial charge in [0.1, 0.15) is 5.82 Å². The predicted octanol–water partition coefficient (Wildman–Crippen LogP) is 2.82. The van der Waals surface area contributed by atoms with Crippen LogP contribution in [0.4, 0.5) is 0 Å². The summed E-state index contributed by atoms with van der Waals surface area (Å²) in [5.74, 6) is 3.81. The van der Waals surface area contributed by atoms with Gasteiger partial charge in [0.05, 0.1) is 6.04 Å². The second-order valence-corrected chi connectivity index (χ2v) is 9.32. The lowest BCUT2D eigenvalue weighted by molar-refractivity contribution is -0.143. The Kier molecular flexibility index (Phi) is 4.70. The van der Waals surface area contributed by atoms with Crippen LogP contribution in [0.5, 0.6) is 0 Å². The third-order valence-electron chi connectivity index (χ3n) is 7.73. The zero-order valence-electron chi connectivity index (χ0n) is 16.4. The van der Waals surface area contributed by atoms with E-state index in [1.54, 1.807) is 0 Å². The van der Waals surface area contributed by atoms with Crippen LogP contribution in [0.25, 0.3) is 0 Å². The Labute approximate surface area is 161 Å². The van der Waals surface area contributed by atoms with E-state index in [4.69, 9.17) is 5.73 Å². The van der Waals surface area contributed by atoms with Crippen molar-refractivity contribution in [2.24, 2.45) is 23.5 Å². The highest BCUT2D eigenvalue weighted by atomic mass is 16.2. The summed E-state index contributed by atoms with van der Waals surface area (Å²) in [4.78, 5) is 15.8. The number of nitrogens with two attached hydrogens (primary N) is 1. The van der Waals surface area contributed by atoms with Gasteiger partial charge in [-0.05, 0) is 69.6 Å². The molecule has 3 unspecified atom stereocenters. The number of aryl methyl sites for hydroxylation is 1. The summed E-state index contributed by atoms with van der Waals surface area (Å²) in [6, 6.07) is 0.449. The molecule has 1 aromatic heterocycles. The first-order valence-electron chi connectivity index (χ1n) is 11.2. The maximum atomic E-state index is 13.6. The minimum absolute atomic E-state index is 0.126. The largest absolute Gasteiger partial charge is 0.332 e. The number of carbonyl (C=O) groups is 1. The summed E-state index contributed by atoms with van der Waals surface area (Å²) < 4.78 is 2.31. The number of rotatable bonds is 2. The quantitative estimate of drug-likeness (QED) is 0.867. The lowest BCUT2D eigenvalue weighted by Crippen LogP contribution is -2.51. The molecule has 2 bridgehead atoms. The average molecular weight is 372 g/mol. The van der Waals surface area contributed by atoms with E-state index in [2.05, 4.69) is 19.7 Å². The van der Waals surface area contributed by atoms with Crippen molar-refractivity contribution in [3.63, 3.8) is 0 Å². The average Bonchev–Trinajstić information content (AvgIpc) is 3.11. The minimum atomic E-state index is 0.126. The number of fused-ring (bicyclic) bond motifs is 3. The Morgan fingerprint density at radius 3 is 2.52 bits per heavy atom. The number of hydrogen-bond donors (Lipinski definition) is 1. The number of likely N-dealkylation sites (tertiary alicyclic amines) is 1. The maximum Gasteiger partial charge on any atom is 0.226 e. The van der Waals surface area contributed by atoms with Gasteiger partial charge in [-0.2, -0.15) is 0 Å². The van der Waals surface area contributed by atoms with Crippen LogP contribution < -0.4 is 5.73 Å². The van der Waals surface area contributed by atoms with Gasteiger partial charge in [-0.15, -0.1) is 10.2 Å². The van der Waals surface area contributed by atoms with Gasteiger partial charge in [-0.25, -0.2) is 0 Å². The van der Waals surface area contributed by atoms with Crippen molar-refractivity contribution in [1.82, 2.24) is 19.7 Å². The third-order valence-corrected chi connectivity index (χ3v) is 7.73. The Morgan fingerprint density at radius 2 is 1.70 bits per heavy atom. The highest BCUT2D eigenvalue weighted by Gasteiger charge is 2.43. The molecule has 6 nitrogen and oxygen atoms in total. The van der Waals surface area contributed by atoms with E-state index < -0.39 is 0 Å². The van der Waals surface area contributed by atoms with E-state index >= 15 is 0 Å². The first kappa shape index (κ1) is 17.7. The van der Waals surface area contributed by atoms with Crippen LogP contribution in [-0.4, -0.2) is 38.2 Å². The molecule has 2 aliphatic carbocycles.